The van der Waals surface area contributed by atoms with Crippen LogP contribution in [-0.2, 0) is 28.5 Å². The minimum atomic E-state index is -1.26. The molecule has 0 aromatic heterocycles. The molecule has 1 N–H and O–H groups in total. The molecule has 1 aromatic rings. The maximum absolute atomic E-state index is 12.2. The summed E-state index contributed by atoms with van der Waals surface area (Å²) in [7, 11) is 0. The van der Waals surface area contributed by atoms with Gasteiger partial charge in [0.2, 0.25) is 0 Å². The molecule has 132 valence electrons. The van der Waals surface area contributed by atoms with Gasteiger partial charge in [-0.2, -0.15) is 0 Å². The second kappa shape index (κ2) is 7.63. The Labute approximate surface area is 140 Å². The molecule has 0 aliphatic carbocycles. The van der Waals surface area contributed by atoms with Gasteiger partial charge in [-0.1, -0.05) is 18.2 Å². The molecule has 0 amide bonds. The van der Waals surface area contributed by atoms with Crippen molar-refractivity contribution in [2.24, 2.45) is 0 Å². The van der Waals surface area contributed by atoms with Crippen molar-refractivity contribution in [1.82, 2.24) is 0 Å². The Morgan fingerprint density at radius 1 is 0.958 bits per heavy atom. The lowest BCUT2D eigenvalue weighted by Crippen LogP contribution is -2.40. The van der Waals surface area contributed by atoms with Crippen molar-refractivity contribution in [3.8, 4) is 5.75 Å². The predicted octanol–water partition coefficient (Wildman–Crippen LogP) is 2.08. The lowest BCUT2D eigenvalue weighted by molar-refractivity contribution is -0.167. The smallest absolute Gasteiger partial charge is 0.339 e. The zero-order valence-electron chi connectivity index (χ0n) is 14.1. The molecule has 1 saturated heterocycles. The number of hydrogen-bond donors (Lipinski definition) is 1. The van der Waals surface area contributed by atoms with Gasteiger partial charge in [-0.15, -0.1) is 0 Å². The summed E-state index contributed by atoms with van der Waals surface area (Å²) in [5.41, 5.74) is 0.319. The molecule has 1 heterocycles. The Hall–Kier alpha value is -2.12. The van der Waals surface area contributed by atoms with Gasteiger partial charge in [-0.25, -0.2) is 9.59 Å². The molecule has 0 bridgehead atoms. The molecule has 7 heteroatoms. The number of ether oxygens (including phenoxy) is 4. The number of aromatic hydroxyl groups is 1. The topological polar surface area (TPSA) is 91.3 Å². The molecule has 1 aliphatic rings. The van der Waals surface area contributed by atoms with Crippen molar-refractivity contribution in [2.45, 2.75) is 58.4 Å². The highest BCUT2D eigenvalue weighted by atomic mass is 16.8. The number of esters is 2. The average Bonchev–Trinajstić information content (AvgIpc) is 2.91. The fourth-order valence-electron chi connectivity index (χ4n) is 2.23. The fourth-order valence-corrected chi connectivity index (χ4v) is 2.23. The number of phenolic OH excluding ortho intramolecular Hbond substituents is 1. The summed E-state index contributed by atoms with van der Waals surface area (Å²) in [6, 6.07) is 6.37. The second-order valence-electron chi connectivity index (χ2n) is 5.98. The normalized spacial score (nSPS) is 23.5. The highest BCUT2D eigenvalue weighted by molar-refractivity contribution is 5.86. The molecule has 1 aliphatic heterocycles. The first-order valence-electron chi connectivity index (χ1n) is 7.79. The van der Waals surface area contributed by atoms with E-state index >= 15 is 0 Å². The molecular formula is C17H22O7. The maximum atomic E-state index is 12.2. The Kier molecular flexibility index (Phi) is 5.80. The van der Waals surface area contributed by atoms with Gasteiger partial charge in [0.05, 0.1) is 12.2 Å². The van der Waals surface area contributed by atoms with E-state index in [1.54, 1.807) is 45.9 Å². The summed E-state index contributed by atoms with van der Waals surface area (Å²) in [6.45, 7) is 6.76. The van der Waals surface area contributed by atoms with Crippen LogP contribution in [0.5, 0.6) is 5.75 Å². The molecule has 1 fully saturated rings. The molecule has 0 radical (unpaired) electrons. The summed E-state index contributed by atoms with van der Waals surface area (Å²) in [5, 5.41) is 9.92. The predicted molar refractivity (Wildman–Crippen MR) is 83.0 cm³/mol. The third-order valence-electron chi connectivity index (χ3n) is 3.17. The molecule has 2 unspecified atom stereocenters. The Bertz CT molecular complexity index is 566. The number of hydrogen-bond acceptors (Lipinski definition) is 7. The summed E-state index contributed by atoms with van der Waals surface area (Å²) in [5.74, 6) is -1.49. The van der Waals surface area contributed by atoms with E-state index in [4.69, 9.17) is 18.9 Å². The van der Waals surface area contributed by atoms with Gasteiger partial charge in [0, 0.05) is 5.56 Å². The van der Waals surface area contributed by atoms with Crippen molar-refractivity contribution in [3.63, 3.8) is 0 Å². The highest BCUT2D eigenvalue weighted by Gasteiger charge is 2.48. The summed E-state index contributed by atoms with van der Waals surface area (Å²) in [4.78, 5) is 24.4. The number of para-hydroxylation sites is 1. The lowest BCUT2D eigenvalue weighted by atomic mass is 10.2. The zero-order chi connectivity index (χ0) is 17.9. The number of carbonyl (C=O) groups is 2. The molecule has 2 atom stereocenters. The largest absolute Gasteiger partial charge is 0.507 e. The van der Waals surface area contributed by atoms with E-state index in [2.05, 4.69) is 0 Å². The fraction of sp³-hybridized carbons (Fsp3) is 0.529. The van der Waals surface area contributed by atoms with Crippen molar-refractivity contribution < 1.29 is 33.6 Å². The van der Waals surface area contributed by atoms with Gasteiger partial charge in [0.1, 0.15) is 5.75 Å². The summed E-state index contributed by atoms with van der Waals surface area (Å²) in [6.07, 6.45) is -4.33. The van der Waals surface area contributed by atoms with Crippen LogP contribution in [0.3, 0.4) is 0 Å². The van der Waals surface area contributed by atoms with Gasteiger partial charge in [-0.3, -0.25) is 0 Å². The van der Waals surface area contributed by atoms with Crippen molar-refractivity contribution in [2.75, 3.05) is 0 Å². The third kappa shape index (κ3) is 4.24. The molecular weight excluding hydrogens is 316 g/mol. The Balaban J connectivity index is 2.23. The van der Waals surface area contributed by atoms with Crippen LogP contribution in [0.25, 0.3) is 0 Å². The maximum Gasteiger partial charge on any atom is 0.339 e. The minimum absolute atomic E-state index is 0.0589. The van der Waals surface area contributed by atoms with Gasteiger partial charge in [-0.05, 0) is 33.8 Å². The van der Waals surface area contributed by atoms with Crippen LogP contribution in [0, 0.1) is 0 Å². The van der Waals surface area contributed by atoms with Crippen LogP contribution in [-0.4, -0.2) is 41.5 Å². The van der Waals surface area contributed by atoms with Gasteiger partial charge in [0.15, 0.2) is 18.5 Å². The van der Waals surface area contributed by atoms with E-state index in [0.29, 0.717) is 5.56 Å². The van der Waals surface area contributed by atoms with Crippen LogP contribution in [0.4, 0.5) is 0 Å². The SMILES string of the molecule is CC(C)OC(=O)C1OC(c2ccccc2O)OC1C(=O)OC(C)C. The molecule has 7 nitrogen and oxygen atoms in total. The van der Waals surface area contributed by atoms with Gasteiger partial charge < -0.3 is 24.1 Å². The van der Waals surface area contributed by atoms with Crippen LogP contribution in [0.15, 0.2) is 24.3 Å². The van der Waals surface area contributed by atoms with Crippen molar-refractivity contribution in [1.29, 1.82) is 0 Å². The summed E-state index contributed by atoms with van der Waals surface area (Å²) < 4.78 is 21.3. The standard InChI is InChI=1S/C17H22O7/c1-9(2)21-15(19)13-14(16(20)22-10(3)4)24-17(23-13)11-7-5-6-8-12(11)18/h5-10,13-14,17-18H,1-4H3. The first-order valence-corrected chi connectivity index (χ1v) is 7.79. The van der Waals surface area contributed by atoms with Crippen molar-refractivity contribution in [3.05, 3.63) is 29.8 Å². The number of rotatable bonds is 5. The van der Waals surface area contributed by atoms with Crippen LogP contribution in [0.2, 0.25) is 0 Å². The van der Waals surface area contributed by atoms with E-state index in [1.807, 2.05) is 0 Å². The van der Waals surface area contributed by atoms with E-state index < -0.39 is 30.4 Å². The number of phenols is 1. The molecule has 0 spiro atoms. The van der Waals surface area contributed by atoms with E-state index in [9.17, 15) is 14.7 Å². The van der Waals surface area contributed by atoms with Gasteiger partial charge >= 0.3 is 11.9 Å². The Morgan fingerprint density at radius 3 is 1.83 bits per heavy atom. The zero-order valence-corrected chi connectivity index (χ0v) is 14.1. The quantitative estimate of drug-likeness (QED) is 0.822. The monoisotopic (exact) mass is 338 g/mol. The molecule has 24 heavy (non-hydrogen) atoms. The highest BCUT2D eigenvalue weighted by Crippen LogP contribution is 2.36. The van der Waals surface area contributed by atoms with Crippen LogP contribution in [0.1, 0.15) is 39.5 Å². The number of benzene rings is 1. The lowest BCUT2D eigenvalue weighted by Gasteiger charge is -2.17. The summed E-state index contributed by atoms with van der Waals surface area (Å²) >= 11 is 0. The van der Waals surface area contributed by atoms with E-state index in [1.165, 1.54) is 6.07 Å². The first kappa shape index (κ1) is 18.2. The average molecular weight is 338 g/mol. The van der Waals surface area contributed by atoms with Gasteiger partial charge in [0.25, 0.3) is 0 Å². The minimum Gasteiger partial charge on any atom is -0.507 e. The second-order valence-corrected chi connectivity index (χ2v) is 5.98. The molecule has 1 aromatic carbocycles. The van der Waals surface area contributed by atoms with Crippen LogP contribution >= 0.6 is 0 Å². The van der Waals surface area contributed by atoms with Crippen molar-refractivity contribution >= 4 is 11.9 Å². The van der Waals surface area contributed by atoms with Crippen LogP contribution < -0.4 is 0 Å². The Morgan fingerprint density at radius 2 is 1.42 bits per heavy atom. The third-order valence-corrected chi connectivity index (χ3v) is 3.17. The first-order chi connectivity index (χ1) is 11.3. The molecule has 0 saturated carbocycles. The number of carbonyl (C=O) groups excluding carboxylic acids is 2. The van der Waals surface area contributed by atoms with E-state index in [-0.39, 0.29) is 18.0 Å². The van der Waals surface area contributed by atoms with E-state index in [0.717, 1.165) is 0 Å². The molecule has 2 rings (SSSR count).